The van der Waals surface area contributed by atoms with Crippen molar-refractivity contribution in [2.45, 2.75) is 0 Å². The second-order valence-corrected chi connectivity index (χ2v) is 12.3. The second-order valence-electron chi connectivity index (χ2n) is 11.2. The van der Waals surface area contributed by atoms with Crippen molar-refractivity contribution in [3.63, 3.8) is 0 Å². The topological polar surface area (TPSA) is 51.8 Å². The summed E-state index contributed by atoms with van der Waals surface area (Å²) in [4.78, 5) is 14.4. The number of fused-ring (bicyclic) bond motifs is 6. The Labute approximate surface area is 313 Å². The van der Waals surface area contributed by atoms with Crippen molar-refractivity contribution in [3.05, 3.63) is 163 Å². The number of benzene rings is 7. The molecule has 0 radical (unpaired) electrons. The fourth-order valence-electron chi connectivity index (χ4n) is 5.99. The van der Waals surface area contributed by atoms with Crippen LogP contribution in [0.4, 0.5) is 0 Å². The number of furan rings is 1. The van der Waals surface area contributed by atoms with Gasteiger partial charge in [-0.2, -0.15) is 0 Å². The first-order chi connectivity index (χ1) is 31.0. The molecule has 0 unspecified atom stereocenters. The lowest BCUT2D eigenvalue weighted by atomic mass is 9.99. The number of hydrogen-bond acceptors (Lipinski definition) is 5. The van der Waals surface area contributed by atoms with Gasteiger partial charge in [-0.15, -0.1) is 11.3 Å². The third-order valence-corrected chi connectivity index (χ3v) is 9.34. The molecule has 0 amide bonds. The molecule has 0 spiro atoms. The van der Waals surface area contributed by atoms with Gasteiger partial charge in [-0.3, -0.25) is 0 Å². The summed E-state index contributed by atoms with van der Waals surface area (Å²) in [6.45, 7) is 0. The normalized spacial score (nSPS) is 15.8. The van der Waals surface area contributed by atoms with E-state index in [1.165, 1.54) is 0 Å². The molecule has 10 aromatic rings. The molecule has 0 saturated carbocycles. The lowest BCUT2D eigenvalue weighted by Gasteiger charge is -2.10. The van der Waals surface area contributed by atoms with Gasteiger partial charge in [-0.1, -0.05) is 139 Å². The maximum atomic E-state index is 9.64. The molecular formula is C45H27N3OS. The molecule has 3 aromatic heterocycles. The molecule has 50 heavy (non-hydrogen) atoms. The fraction of sp³-hybridized carbons (Fsp3) is 0. The predicted octanol–water partition coefficient (Wildman–Crippen LogP) is 12.5. The molecule has 0 aliphatic carbocycles. The minimum Gasteiger partial charge on any atom is -0.455 e. The van der Waals surface area contributed by atoms with E-state index >= 15 is 0 Å². The molecule has 0 fully saturated rings. The van der Waals surface area contributed by atoms with Crippen molar-refractivity contribution in [1.29, 1.82) is 0 Å². The summed E-state index contributed by atoms with van der Waals surface area (Å²) in [7, 11) is 0. The largest absolute Gasteiger partial charge is 0.455 e. The number of thiophene rings is 1. The van der Waals surface area contributed by atoms with E-state index in [-0.39, 0.29) is 89.0 Å². The molecular weight excluding hydrogens is 631 g/mol. The Kier molecular flexibility index (Phi) is 4.02. The van der Waals surface area contributed by atoms with Crippen molar-refractivity contribution >= 4 is 53.4 Å². The third kappa shape index (κ3) is 4.79. The van der Waals surface area contributed by atoms with Gasteiger partial charge in [0.2, 0.25) is 0 Å². The first-order valence-corrected chi connectivity index (χ1v) is 16.2. The van der Waals surface area contributed by atoms with E-state index < -0.39 is 78.1 Å². The van der Waals surface area contributed by atoms with Crippen LogP contribution in [0.5, 0.6) is 0 Å². The number of aromatic nitrogens is 3. The molecule has 0 aliphatic heterocycles. The van der Waals surface area contributed by atoms with Crippen LogP contribution in [0.3, 0.4) is 0 Å². The number of rotatable bonds is 5. The van der Waals surface area contributed by atoms with Gasteiger partial charge in [0.1, 0.15) is 11.2 Å². The van der Waals surface area contributed by atoms with Crippen molar-refractivity contribution < 1.29 is 25.0 Å². The zero-order valence-electron chi connectivity index (χ0n) is 40.6. The summed E-state index contributed by atoms with van der Waals surface area (Å²) in [5.41, 5.74) is 1.74. The molecule has 0 bridgehead atoms. The SMILES string of the molecule is [2H]c1c([2H])c([2H])c(-c2c([2H])c([2H])c([2H])c3sc4c([2H])c(-c5nc(-c6ccc(-c7ccccc7)cc6)nc(-c6cccc7c6oc6c([2H])c([2H])c([2H])c([2H])c67)n5)c([2H])c([2H])c4c23)c([2H])c1[2H]. The Balaban J connectivity index is 1.27. The number of nitrogens with zero attached hydrogens (tertiary/aromatic N) is 3. The zero-order chi connectivity index (χ0) is 46.1. The average Bonchev–Trinajstić information content (AvgIpc) is 3.92. The van der Waals surface area contributed by atoms with Gasteiger partial charge < -0.3 is 4.42 Å². The molecule has 234 valence electrons. The van der Waals surface area contributed by atoms with Gasteiger partial charge >= 0.3 is 0 Å². The van der Waals surface area contributed by atoms with Gasteiger partial charge in [0, 0.05) is 42.1 Å². The fourth-order valence-corrected chi connectivity index (χ4v) is 7.01. The molecule has 4 nitrogen and oxygen atoms in total. The van der Waals surface area contributed by atoms with Crippen molar-refractivity contribution in [3.8, 4) is 56.4 Å². The van der Waals surface area contributed by atoms with E-state index in [1.807, 2.05) is 42.5 Å². The highest BCUT2D eigenvalue weighted by Crippen LogP contribution is 2.42. The van der Waals surface area contributed by atoms with Crippen LogP contribution in [0.25, 0.3) is 98.5 Å². The van der Waals surface area contributed by atoms with Gasteiger partial charge in [0.15, 0.2) is 17.5 Å². The lowest BCUT2D eigenvalue weighted by Crippen LogP contribution is -2.00. The van der Waals surface area contributed by atoms with E-state index in [9.17, 15) is 4.11 Å². The highest BCUT2D eigenvalue weighted by molar-refractivity contribution is 7.26. The molecule has 0 atom stereocenters. The van der Waals surface area contributed by atoms with Crippen molar-refractivity contribution in [2.75, 3.05) is 0 Å². The highest BCUT2D eigenvalue weighted by Gasteiger charge is 2.19. The number of para-hydroxylation sites is 2. The van der Waals surface area contributed by atoms with Gasteiger partial charge in [-0.05, 0) is 46.4 Å². The third-order valence-electron chi connectivity index (χ3n) is 8.31. The smallest absolute Gasteiger partial charge is 0.167 e. The zero-order valence-corrected chi connectivity index (χ0v) is 26.4. The minimum absolute atomic E-state index is 0.00246. The van der Waals surface area contributed by atoms with Crippen LogP contribution < -0.4 is 0 Å². The maximum Gasteiger partial charge on any atom is 0.167 e. The van der Waals surface area contributed by atoms with Crippen LogP contribution >= 0.6 is 11.3 Å². The summed E-state index contributed by atoms with van der Waals surface area (Å²) in [5.74, 6) is -0.136. The van der Waals surface area contributed by atoms with Crippen molar-refractivity contribution in [2.24, 2.45) is 0 Å². The summed E-state index contributed by atoms with van der Waals surface area (Å²) in [6, 6.07) is 13.8. The van der Waals surface area contributed by atoms with Gasteiger partial charge in [0.25, 0.3) is 0 Å². The van der Waals surface area contributed by atoms with Crippen LogP contribution in [0.15, 0.2) is 168 Å². The highest BCUT2D eigenvalue weighted by atomic mass is 32.1. The minimum atomic E-state index is -0.692. The van der Waals surface area contributed by atoms with Crippen LogP contribution in [0, 0.1) is 0 Å². The molecule has 7 aromatic carbocycles. The molecule has 3 heterocycles. The van der Waals surface area contributed by atoms with Crippen LogP contribution in [0.2, 0.25) is 0 Å². The second kappa shape index (κ2) is 11.6. The van der Waals surface area contributed by atoms with Crippen LogP contribution in [-0.2, 0) is 0 Å². The van der Waals surface area contributed by atoms with Gasteiger partial charge in [-0.25, -0.2) is 15.0 Å². The Bertz CT molecular complexity index is 3700. The number of hydrogen-bond donors (Lipinski definition) is 0. The average molecular weight is 673 g/mol. The van der Waals surface area contributed by atoms with Crippen LogP contribution in [0.1, 0.15) is 20.6 Å². The molecule has 5 heteroatoms. The first-order valence-electron chi connectivity index (χ1n) is 22.9. The monoisotopic (exact) mass is 672 g/mol. The Morgan fingerprint density at radius 1 is 0.460 bits per heavy atom. The summed E-state index contributed by atoms with van der Waals surface area (Å²) in [6.07, 6.45) is 0. The Hall–Kier alpha value is -6.43. The van der Waals surface area contributed by atoms with Crippen LogP contribution in [-0.4, -0.2) is 15.0 Å². The molecule has 0 aliphatic rings. The summed E-state index contributed by atoms with van der Waals surface area (Å²) >= 11 is 0.824. The maximum absolute atomic E-state index is 9.64. The standard InChI is InChI=1S/C45H27N3OS/c1-3-11-28(12-4-1)29-21-23-31(24-22-29)43-46-44(48-45(47-43)37-18-9-17-35-34-15-7-8-19-38(34)49-42(35)37)32-25-26-36-40(27-32)50-39-20-10-16-33(41(36)39)30-13-5-2-6-14-30/h1-27H/i2D,5D,6D,7D,8D,10D,13D,14D,15D,16D,19D,20D,25D,26D,27D. The van der Waals surface area contributed by atoms with E-state index in [0.29, 0.717) is 10.9 Å². The van der Waals surface area contributed by atoms with E-state index in [4.69, 9.17) is 35.8 Å². The Morgan fingerprint density at radius 3 is 2.06 bits per heavy atom. The van der Waals surface area contributed by atoms with Crippen molar-refractivity contribution in [1.82, 2.24) is 15.0 Å². The van der Waals surface area contributed by atoms with E-state index in [0.717, 1.165) is 22.5 Å². The van der Waals surface area contributed by atoms with Gasteiger partial charge in [0.05, 0.1) is 26.1 Å². The summed E-state index contributed by atoms with van der Waals surface area (Å²) in [5, 5.41) is 0.337. The Morgan fingerprint density at radius 2 is 1.20 bits per heavy atom. The molecule has 0 N–H and O–H groups in total. The lowest BCUT2D eigenvalue weighted by molar-refractivity contribution is 0.669. The van der Waals surface area contributed by atoms with E-state index in [1.54, 1.807) is 30.3 Å². The van der Waals surface area contributed by atoms with E-state index in [2.05, 4.69) is 0 Å². The molecule has 10 rings (SSSR count). The first kappa shape index (κ1) is 17.3. The summed E-state index contributed by atoms with van der Waals surface area (Å²) < 4.78 is 137. The predicted molar refractivity (Wildman–Crippen MR) is 207 cm³/mol. The quantitative estimate of drug-likeness (QED) is 0.183. The molecule has 0 saturated heterocycles.